The van der Waals surface area contributed by atoms with Gasteiger partial charge in [0.1, 0.15) is 5.75 Å². The van der Waals surface area contributed by atoms with Crippen LogP contribution in [0.3, 0.4) is 0 Å². The van der Waals surface area contributed by atoms with Gasteiger partial charge in [-0.2, -0.15) is 0 Å². The van der Waals surface area contributed by atoms with Crippen molar-refractivity contribution < 1.29 is 9.53 Å². The number of carbonyl (C=O) groups excluding carboxylic acids is 1. The Kier molecular flexibility index (Phi) is 4.21. The number of rotatable bonds is 5. The van der Waals surface area contributed by atoms with Crippen LogP contribution in [0.4, 0.5) is 0 Å². The third-order valence-corrected chi connectivity index (χ3v) is 3.66. The number of aromatic nitrogens is 5. The van der Waals surface area contributed by atoms with Crippen molar-refractivity contribution in [2.24, 2.45) is 0 Å². The number of ether oxygens (including phenoxy) is 1. The van der Waals surface area contributed by atoms with Crippen molar-refractivity contribution in [3.05, 3.63) is 77.9 Å². The van der Waals surface area contributed by atoms with Gasteiger partial charge in [-0.25, -0.2) is 0 Å². The number of hydrogen-bond acceptors (Lipinski definition) is 6. The second kappa shape index (κ2) is 6.98. The zero-order valence-electron chi connectivity index (χ0n) is 13.6. The first-order valence-electron chi connectivity index (χ1n) is 7.93. The van der Waals surface area contributed by atoms with Crippen LogP contribution in [0.1, 0.15) is 15.9 Å². The Bertz CT molecular complexity index is 1050. The van der Waals surface area contributed by atoms with Gasteiger partial charge in [0.25, 0.3) is 5.91 Å². The smallest absolute Gasteiger partial charge is 0.251 e. The molecule has 4 rings (SSSR count). The molecule has 26 heavy (non-hydrogen) atoms. The molecule has 1 N–H and O–H groups in total. The van der Waals surface area contributed by atoms with Gasteiger partial charge in [0.05, 0.1) is 0 Å². The molecule has 2 aromatic heterocycles. The molecule has 0 unspecified atom stereocenters. The van der Waals surface area contributed by atoms with Crippen LogP contribution in [-0.2, 0) is 6.54 Å². The Hall–Kier alpha value is -3.81. The molecule has 2 aromatic carbocycles. The van der Waals surface area contributed by atoms with E-state index >= 15 is 0 Å². The number of carbonyl (C=O) groups is 1. The third kappa shape index (κ3) is 3.48. The van der Waals surface area contributed by atoms with E-state index in [2.05, 4.69) is 25.9 Å². The third-order valence-electron chi connectivity index (χ3n) is 3.66. The minimum absolute atomic E-state index is 0.178. The maximum absolute atomic E-state index is 12.3. The van der Waals surface area contributed by atoms with Crippen molar-refractivity contribution in [3.8, 4) is 11.6 Å². The van der Waals surface area contributed by atoms with Gasteiger partial charge >= 0.3 is 0 Å². The summed E-state index contributed by atoms with van der Waals surface area (Å²) in [5.74, 6) is 0.645. The second-order valence-electron chi connectivity index (χ2n) is 5.50. The van der Waals surface area contributed by atoms with Crippen LogP contribution in [0.25, 0.3) is 5.65 Å². The largest absolute Gasteiger partial charge is 0.437 e. The molecule has 2 heterocycles. The molecule has 8 heteroatoms. The topological polar surface area (TPSA) is 94.3 Å². The summed E-state index contributed by atoms with van der Waals surface area (Å²) in [7, 11) is 0. The molecule has 0 fully saturated rings. The summed E-state index contributed by atoms with van der Waals surface area (Å²) in [6.45, 7) is 0.461. The average molecular weight is 346 g/mol. The molecule has 0 bridgehead atoms. The molecular formula is C18H14N6O2. The van der Waals surface area contributed by atoms with E-state index in [0.29, 0.717) is 29.4 Å². The highest BCUT2D eigenvalue weighted by atomic mass is 16.5. The summed E-state index contributed by atoms with van der Waals surface area (Å²) in [6.07, 6.45) is 0. The van der Waals surface area contributed by atoms with Crippen LogP contribution in [0.2, 0.25) is 0 Å². The standard InChI is InChI=1S/C18H14N6O2/c25-18(19-12-13-5-2-1-3-6-13)14-7-4-8-15(11-14)26-17-10-9-16-20-22-23-24(16)21-17/h1-11H,12H2,(H,19,25). The summed E-state index contributed by atoms with van der Waals surface area (Å²) < 4.78 is 6.97. The Balaban J connectivity index is 1.46. The number of hydrogen-bond donors (Lipinski definition) is 1. The molecule has 0 atom stereocenters. The molecule has 0 aliphatic rings. The molecular weight excluding hydrogens is 332 g/mol. The lowest BCUT2D eigenvalue weighted by Gasteiger charge is -2.08. The summed E-state index contributed by atoms with van der Waals surface area (Å²) in [4.78, 5) is 12.3. The molecule has 1 amide bonds. The quantitative estimate of drug-likeness (QED) is 0.595. The molecule has 0 radical (unpaired) electrons. The van der Waals surface area contributed by atoms with Gasteiger partial charge in [-0.1, -0.05) is 36.4 Å². The van der Waals surface area contributed by atoms with Gasteiger partial charge in [-0.15, -0.1) is 14.8 Å². The van der Waals surface area contributed by atoms with Gasteiger partial charge in [0.2, 0.25) is 5.88 Å². The maximum Gasteiger partial charge on any atom is 0.251 e. The summed E-state index contributed by atoms with van der Waals surface area (Å²) in [6, 6.07) is 20.0. The number of nitrogens with one attached hydrogen (secondary N) is 1. The number of amides is 1. The minimum atomic E-state index is -0.178. The normalized spacial score (nSPS) is 10.6. The summed E-state index contributed by atoms with van der Waals surface area (Å²) >= 11 is 0. The predicted molar refractivity (Wildman–Crippen MR) is 92.7 cm³/mol. The number of benzene rings is 2. The van der Waals surface area contributed by atoms with E-state index in [4.69, 9.17) is 4.74 Å². The fraction of sp³-hybridized carbons (Fsp3) is 0.0556. The van der Waals surface area contributed by atoms with Crippen LogP contribution in [-0.4, -0.2) is 31.2 Å². The minimum Gasteiger partial charge on any atom is -0.437 e. The predicted octanol–water partition coefficient (Wildman–Crippen LogP) is 2.24. The van der Waals surface area contributed by atoms with Crippen LogP contribution < -0.4 is 10.1 Å². The van der Waals surface area contributed by atoms with E-state index in [1.54, 1.807) is 36.4 Å². The Morgan fingerprint density at radius 1 is 1.04 bits per heavy atom. The second-order valence-corrected chi connectivity index (χ2v) is 5.50. The van der Waals surface area contributed by atoms with E-state index in [1.165, 1.54) is 4.63 Å². The van der Waals surface area contributed by atoms with E-state index in [0.717, 1.165) is 5.56 Å². The molecule has 0 aliphatic carbocycles. The molecule has 8 nitrogen and oxygen atoms in total. The maximum atomic E-state index is 12.3. The molecule has 0 saturated heterocycles. The first kappa shape index (κ1) is 15.7. The zero-order valence-corrected chi connectivity index (χ0v) is 13.6. The number of fused-ring (bicyclic) bond motifs is 1. The van der Waals surface area contributed by atoms with Crippen LogP contribution in [0.5, 0.6) is 11.6 Å². The van der Waals surface area contributed by atoms with E-state index in [-0.39, 0.29) is 5.91 Å². The number of nitrogens with zero attached hydrogens (tertiary/aromatic N) is 5. The Morgan fingerprint density at radius 2 is 1.92 bits per heavy atom. The fourth-order valence-corrected chi connectivity index (χ4v) is 2.39. The molecule has 0 spiro atoms. The van der Waals surface area contributed by atoms with Gasteiger partial charge in [-0.3, -0.25) is 4.79 Å². The SMILES string of the molecule is O=C(NCc1ccccc1)c1cccc(Oc2ccc3nnnn3n2)c1. The molecule has 128 valence electrons. The number of tetrazole rings is 1. The first-order chi connectivity index (χ1) is 12.8. The highest BCUT2D eigenvalue weighted by Crippen LogP contribution is 2.20. The highest BCUT2D eigenvalue weighted by Gasteiger charge is 2.08. The van der Waals surface area contributed by atoms with Crippen molar-refractivity contribution in [1.82, 2.24) is 30.6 Å². The van der Waals surface area contributed by atoms with Crippen molar-refractivity contribution in [2.75, 3.05) is 0 Å². The highest BCUT2D eigenvalue weighted by molar-refractivity contribution is 5.94. The van der Waals surface area contributed by atoms with E-state index in [9.17, 15) is 4.79 Å². The van der Waals surface area contributed by atoms with Gasteiger partial charge in [0, 0.05) is 18.2 Å². The molecule has 4 aromatic rings. The van der Waals surface area contributed by atoms with E-state index < -0.39 is 0 Å². The summed E-state index contributed by atoms with van der Waals surface area (Å²) in [5, 5.41) is 18.0. The zero-order chi connectivity index (χ0) is 17.8. The average Bonchev–Trinajstić information content (AvgIpc) is 3.15. The fourth-order valence-electron chi connectivity index (χ4n) is 2.39. The monoisotopic (exact) mass is 346 g/mol. The molecule has 0 aliphatic heterocycles. The lowest BCUT2D eigenvalue weighted by atomic mass is 10.2. The van der Waals surface area contributed by atoms with Crippen molar-refractivity contribution in [3.63, 3.8) is 0 Å². The van der Waals surface area contributed by atoms with Crippen LogP contribution >= 0.6 is 0 Å². The van der Waals surface area contributed by atoms with E-state index in [1.807, 2.05) is 30.3 Å². The lowest BCUT2D eigenvalue weighted by molar-refractivity contribution is 0.0950. The van der Waals surface area contributed by atoms with Crippen molar-refractivity contribution >= 4 is 11.6 Å². The van der Waals surface area contributed by atoms with Crippen LogP contribution in [0, 0.1) is 0 Å². The van der Waals surface area contributed by atoms with Gasteiger partial charge in [-0.05, 0) is 40.3 Å². The van der Waals surface area contributed by atoms with Gasteiger partial charge < -0.3 is 10.1 Å². The van der Waals surface area contributed by atoms with Crippen molar-refractivity contribution in [1.29, 1.82) is 0 Å². The van der Waals surface area contributed by atoms with Gasteiger partial charge in [0.15, 0.2) is 5.65 Å². The Morgan fingerprint density at radius 3 is 2.81 bits per heavy atom. The van der Waals surface area contributed by atoms with Crippen molar-refractivity contribution in [2.45, 2.75) is 6.54 Å². The molecule has 0 saturated carbocycles. The Labute approximate surface area is 148 Å². The summed E-state index contributed by atoms with van der Waals surface area (Å²) in [5.41, 5.74) is 2.06. The first-order valence-corrected chi connectivity index (χ1v) is 7.93. The lowest BCUT2D eigenvalue weighted by Crippen LogP contribution is -2.22. The van der Waals surface area contributed by atoms with Crippen LogP contribution in [0.15, 0.2) is 66.7 Å².